The van der Waals surface area contributed by atoms with Gasteiger partial charge in [0.05, 0.1) is 41.5 Å². The first-order chi connectivity index (χ1) is 12.5. The average Bonchev–Trinajstić information content (AvgIpc) is 3.16. The van der Waals surface area contributed by atoms with Crippen LogP contribution in [0.5, 0.6) is 0 Å². The summed E-state index contributed by atoms with van der Waals surface area (Å²) in [5, 5.41) is 11.2. The number of nitrogens with zero attached hydrogens (tertiary/aromatic N) is 2. The van der Waals surface area contributed by atoms with Crippen LogP contribution in [-0.4, -0.2) is 43.6 Å². The molecule has 4 nitrogen and oxygen atoms in total. The van der Waals surface area contributed by atoms with E-state index >= 15 is 0 Å². The van der Waals surface area contributed by atoms with Crippen LogP contribution in [0.4, 0.5) is 13.2 Å². The lowest BCUT2D eigenvalue weighted by Gasteiger charge is -2.23. The van der Waals surface area contributed by atoms with E-state index < -0.39 is 11.7 Å². The standard InChI is InChI=1S/C17H16F3N3OS2/c18-17(19,20)13-10-14(15-2-1-8-25-15)22-16(12(13)11-21)26-9-5-23-3-6-24-7-4-23/h1-2,8,10H,3-7,9H2/p+1. The number of morpholine rings is 1. The maximum absolute atomic E-state index is 13.4. The molecule has 3 rings (SSSR count). The number of rotatable bonds is 5. The highest BCUT2D eigenvalue weighted by molar-refractivity contribution is 7.99. The fraction of sp³-hybridized carbons (Fsp3) is 0.412. The zero-order chi connectivity index (χ0) is 18.6. The Balaban J connectivity index is 1.86. The number of nitriles is 1. The molecule has 9 heteroatoms. The summed E-state index contributed by atoms with van der Waals surface area (Å²) in [4.78, 5) is 6.37. The van der Waals surface area contributed by atoms with Crippen LogP contribution in [0.15, 0.2) is 28.6 Å². The van der Waals surface area contributed by atoms with Gasteiger partial charge in [-0.05, 0) is 17.5 Å². The van der Waals surface area contributed by atoms with Crippen LogP contribution < -0.4 is 4.90 Å². The van der Waals surface area contributed by atoms with E-state index in [1.54, 1.807) is 23.6 Å². The van der Waals surface area contributed by atoms with Crippen molar-refractivity contribution >= 4 is 23.1 Å². The molecule has 0 unspecified atom stereocenters. The van der Waals surface area contributed by atoms with Crippen molar-refractivity contribution in [2.75, 3.05) is 38.6 Å². The lowest BCUT2D eigenvalue weighted by molar-refractivity contribution is -0.905. The molecule has 26 heavy (non-hydrogen) atoms. The van der Waals surface area contributed by atoms with Gasteiger partial charge in [-0.3, -0.25) is 0 Å². The fourth-order valence-electron chi connectivity index (χ4n) is 2.71. The molecule has 1 N–H and O–H groups in total. The highest BCUT2D eigenvalue weighted by Crippen LogP contribution is 2.38. The molecule has 0 saturated carbocycles. The number of halogens is 3. The monoisotopic (exact) mass is 400 g/mol. The Morgan fingerprint density at radius 2 is 2.12 bits per heavy atom. The summed E-state index contributed by atoms with van der Waals surface area (Å²) in [5.74, 6) is 0.599. The Morgan fingerprint density at radius 3 is 2.73 bits per heavy atom. The zero-order valence-electron chi connectivity index (χ0n) is 13.8. The summed E-state index contributed by atoms with van der Waals surface area (Å²) >= 11 is 2.54. The molecule has 0 atom stereocenters. The van der Waals surface area contributed by atoms with Gasteiger partial charge in [0.25, 0.3) is 0 Å². The minimum absolute atomic E-state index is 0.151. The number of thiophene rings is 1. The highest BCUT2D eigenvalue weighted by Gasteiger charge is 2.36. The Hall–Kier alpha value is -1.60. The first-order valence-electron chi connectivity index (χ1n) is 8.09. The van der Waals surface area contributed by atoms with Crippen LogP contribution in [0.25, 0.3) is 10.6 Å². The minimum Gasteiger partial charge on any atom is -0.370 e. The van der Waals surface area contributed by atoms with Crippen molar-refractivity contribution in [3.63, 3.8) is 0 Å². The third-order valence-corrected chi connectivity index (χ3v) is 5.94. The van der Waals surface area contributed by atoms with Crippen molar-refractivity contribution < 1.29 is 22.8 Å². The first kappa shape index (κ1) is 19.2. The zero-order valence-corrected chi connectivity index (χ0v) is 15.4. The summed E-state index contributed by atoms with van der Waals surface area (Å²) < 4.78 is 45.6. The maximum atomic E-state index is 13.4. The maximum Gasteiger partial charge on any atom is 0.417 e. The van der Waals surface area contributed by atoms with E-state index in [9.17, 15) is 18.4 Å². The number of hydrogen-bond donors (Lipinski definition) is 1. The molecule has 0 amide bonds. The van der Waals surface area contributed by atoms with Gasteiger partial charge >= 0.3 is 6.18 Å². The van der Waals surface area contributed by atoms with Crippen molar-refractivity contribution in [1.29, 1.82) is 5.26 Å². The molecule has 0 aliphatic carbocycles. The Kier molecular flexibility index (Phi) is 6.19. The molecule has 0 spiro atoms. The number of thioether (sulfide) groups is 1. The van der Waals surface area contributed by atoms with Crippen LogP contribution in [-0.2, 0) is 10.9 Å². The number of aromatic nitrogens is 1. The summed E-state index contributed by atoms with van der Waals surface area (Å²) in [6, 6.07) is 6.17. The van der Waals surface area contributed by atoms with Crippen LogP contribution in [0.3, 0.4) is 0 Å². The van der Waals surface area contributed by atoms with E-state index in [1.165, 1.54) is 28.0 Å². The average molecular weight is 400 g/mol. The van der Waals surface area contributed by atoms with Gasteiger partial charge in [-0.2, -0.15) is 18.4 Å². The van der Waals surface area contributed by atoms with Crippen LogP contribution >= 0.6 is 23.1 Å². The summed E-state index contributed by atoms with van der Waals surface area (Å²) in [6.07, 6.45) is -4.59. The number of ether oxygens (including phenoxy) is 1. The summed E-state index contributed by atoms with van der Waals surface area (Å²) in [6.45, 7) is 3.98. The second-order valence-electron chi connectivity index (χ2n) is 5.78. The molecule has 3 heterocycles. The summed E-state index contributed by atoms with van der Waals surface area (Å²) in [7, 11) is 0. The van der Waals surface area contributed by atoms with Gasteiger partial charge in [0.15, 0.2) is 0 Å². The van der Waals surface area contributed by atoms with Gasteiger partial charge in [-0.25, -0.2) is 4.98 Å². The van der Waals surface area contributed by atoms with E-state index in [0.29, 0.717) is 23.8 Å². The second-order valence-corrected chi connectivity index (χ2v) is 7.81. The molecule has 1 fully saturated rings. The molecule has 0 radical (unpaired) electrons. The van der Waals surface area contributed by atoms with Gasteiger partial charge in [0.1, 0.15) is 24.2 Å². The largest absolute Gasteiger partial charge is 0.417 e. The lowest BCUT2D eigenvalue weighted by Crippen LogP contribution is -3.14. The van der Waals surface area contributed by atoms with E-state index in [1.807, 2.05) is 0 Å². The Bertz CT molecular complexity index is 782. The van der Waals surface area contributed by atoms with E-state index in [-0.39, 0.29) is 16.3 Å². The number of hydrogen-bond acceptors (Lipinski definition) is 5. The predicted molar refractivity (Wildman–Crippen MR) is 94.4 cm³/mol. The molecule has 0 bridgehead atoms. The van der Waals surface area contributed by atoms with Gasteiger partial charge in [0.2, 0.25) is 0 Å². The highest BCUT2D eigenvalue weighted by atomic mass is 32.2. The molecule has 2 aromatic heterocycles. The molecule has 138 valence electrons. The third-order valence-electron chi connectivity index (χ3n) is 4.07. The van der Waals surface area contributed by atoms with E-state index in [4.69, 9.17) is 4.74 Å². The predicted octanol–water partition coefficient (Wildman–Crippen LogP) is 2.71. The molecule has 0 aromatic carbocycles. The van der Waals surface area contributed by atoms with Crippen LogP contribution in [0.1, 0.15) is 11.1 Å². The fourth-order valence-corrected chi connectivity index (χ4v) is 4.44. The normalized spacial score (nSPS) is 15.8. The van der Waals surface area contributed by atoms with Crippen molar-refractivity contribution in [3.05, 3.63) is 34.7 Å². The number of pyridine rings is 1. The SMILES string of the molecule is N#Cc1c(C(F)(F)F)cc(-c2cccs2)nc1SCC[NH+]1CCOCC1. The third kappa shape index (κ3) is 4.57. The van der Waals surface area contributed by atoms with Crippen LogP contribution in [0.2, 0.25) is 0 Å². The van der Waals surface area contributed by atoms with Gasteiger partial charge in [-0.15, -0.1) is 11.3 Å². The quantitative estimate of drug-likeness (QED) is 0.785. The molecule has 1 aliphatic heterocycles. The smallest absolute Gasteiger partial charge is 0.370 e. The molecule has 1 saturated heterocycles. The first-order valence-corrected chi connectivity index (χ1v) is 9.96. The van der Waals surface area contributed by atoms with Crippen molar-refractivity contribution in [2.24, 2.45) is 0 Å². The number of alkyl halides is 3. The molecule has 1 aliphatic rings. The lowest BCUT2D eigenvalue weighted by atomic mass is 10.1. The molecule has 2 aromatic rings. The van der Waals surface area contributed by atoms with E-state index in [0.717, 1.165) is 25.7 Å². The summed E-state index contributed by atoms with van der Waals surface area (Å²) in [5.41, 5.74) is -1.05. The van der Waals surface area contributed by atoms with Crippen LogP contribution in [0, 0.1) is 11.3 Å². The van der Waals surface area contributed by atoms with Gasteiger partial charge in [0, 0.05) is 5.75 Å². The topological polar surface area (TPSA) is 50.3 Å². The van der Waals surface area contributed by atoms with Crippen molar-refractivity contribution in [3.8, 4) is 16.6 Å². The Morgan fingerprint density at radius 1 is 1.35 bits per heavy atom. The van der Waals surface area contributed by atoms with Gasteiger partial charge in [-0.1, -0.05) is 17.8 Å². The number of nitrogens with one attached hydrogen (secondary N) is 1. The molecular formula is C17H17F3N3OS2+. The number of quaternary nitrogens is 1. The Labute approximate surface area is 157 Å². The van der Waals surface area contributed by atoms with Gasteiger partial charge < -0.3 is 9.64 Å². The second kappa shape index (κ2) is 8.39. The minimum atomic E-state index is -4.59. The molecular weight excluding hydrogens is 383 g/mol. The van der Waals surface area contributed by atoms with Crippen molar-refractivity contribution in [1.82, 2.24) is 4.98 Å². The van der Waals surface area contributed by atoms with E-state index in [2.05, 4.69) is 4.98 Å². The van der Waals surface area contributed by atoms with Crippen molar-refractivity contribution in [2.45, 2.75) is 11.2 Å².